The summed E-state index contributed by atoms with van der Waals surface area (Å²) < 4.78 is 27.0. The summed E-state index contributed by atoms with van der Waals surface area (Å²) in [7, 11) is 3.08. The maximum absolute atomic E-state index is 15.7. The summed E-state index contributed by atoms with van der Waals surface area (Å²) in [6, 6.07) is 14.7. The summed E-state index contributed by atoms with van der Waals surface area (Å²) in [5, 5.41) is 10.5. The summed E-state index contributed by atoms with van der Waals surface area (Å²) in [5.41, 5.74) is 4.73. The van der Waals surface area contributed by atoms with Crippen LogP contribution in [0, 0.1) is 5.82 Å². The fraction of sp³-hybridized carbons (Fsp3) is 0.368. The van der Waals surface area contributed by atoms with Crippen molar-refractivity contribution in [3.8, 4) is 45.3 Å². The van der Waals surface area contributed by atoms with E-state index in [2.05, 4.69) is 20.9 Å². The van der Waals surface area contributed by atoms with E-state index >= 15 is 4.39 Å². The minimum Gasteiger partial charge on any atom is -0.496 e. The molecule has 2 amide bonds. The molecule has 6 rings (SSSR count). The number of hydrogen-bond acceptors (Lipinski definition) is 8. The van der Waals surface area contributed by atoms with Gasteiger partial charge in [0.25, 0.3) is 0 Å². The number of aromatic nitrogens is 2. The van der Waals surface area contributed by atoms with Gasteiger partial charge in [-0.05, 0) is 43.5 Å². The molecule has 10 nitrogen and oxygen atoms in total. The summed E-state index contributed by atoms with van der Waals surface area (Å²) in [6.07, 6.45) is 4.59. The van der Waals surface area contributed by atoms with Gasteiger partial charge in [0.15, 0.2) is 0 Å². The van der Waals surface area contributed by atoms with Gasteiger partial charge in [0.05, 0.1) is 35.7 Å². The maximum atomic E-state index is 15.7. The molecule has 0 saturated carbocycles. The number of nitrogens with zero attached hydrogens (tertiary/aromatic N) is 3. The Balaban J connectivity index is 1.21. The van der Waals surface area contributed by atoms with Gasteiger partial charge in [-0.1, -0.05) is 47.5 Å². The number of likely N-dealkylation sites (tertiary alicyclic amines) is 1. The Kier molecular flexibility index (Phi) is 11.7. The van der Waals surface area contributed by atoms with Crippen molar-refractivity contribution in [3.63, 3.8) is 0 Å². The van der Waals surface area contributed by atoms with Crippen LogP contribution in [0.25, 0.3) is 33.6 Å². The van der Waals surface area contributed by atoms with Crippen molar-refractivity contribution in [2.75, 3.05) is 33.9 Å². The lowest BCUT2D eigenvalue weighted by atomic mass is 9.98. The highest BCUT2D eigenvalue weighted by molar-refractivity contribution is 6.39. The molecule has 4 heterocycles. The quantitative estimate of drug-likeness (QED) is 0.153. The number of amides is 2. The zero-order valence-electron chi connectivity index (χ0n) is 28.8. The summed E-state index contributed by atoms with van der Waals surface area (Å²) in [4.78, 5) is 34.3. The van der Waals surface area contributed by atoms with Crippen LogP contribution in [0.1, 0.15) is 43.7 Å². The van der Waals surface area contributed by atoms with E-state index in [9.17, 15) is 9.59 Å². The minimum absolute atomic E-state index is 0.0733. The normalized spacial score (nSPS) is 16.3. The fourth-order valence-electron chi connectivity index (χ4n) is 6.68. The number of halogens is 3. The number of rotatable bonds is 12. The van der Waals surface area contributed by atoms with E-state index < -0.39 is 5.82 Å². The molecular weight excluding hydrogens is 694 g/mol. The summed E-state index contributed by atoms with van der Waals surface area (Å²) >= 11 is 14.1. The second-order valence-electron chi connectivity index (χ2n) is 12.8. The van der Waals surface area contributed by atoms with Crippen molar-refractivity contribution in [2.45, 2.75) is 57.8 Å². The SMILES string of the molecule is COc1cc(-c2nccc(-c3cccc(-c4ccc(CNC[C@@H]5CCC(=O)N5)c(OC)n4)c3Cl)c2Cl)cc(F)c1CNC1CCN(C(C)=O)CC1. The monoisotopic (exact) mass is 734 g/mol. The minimum atomic E-state index is -0.440. The molecule has 0 spiro atoms. The van der Waals surface area contributed by atoms with E-state index in [1.165, 1.54) is 13.2 Å². The number of carbonyl (C=O) groups is 2. The van der Waals surface area contributed by atoms with Gasteiger partial charge in [-0.2, -0.15) is 0 Å². The molecule has 4 aromatic rings. The Bertz CT molecular complexity index is 1920. The number of nitrogens with one attached hydrogen (secondary N) is 3. The second-order valence-corrected chi connectivity index (χ2v) is 13.5. The molecule has 2 fully saturated rings. The predicted molar refractivity (Wildman–Crippen MR) is 196 cm³/mol. The van der Waals surface area contributed by atoms with E-state index in [4.69, 9.17) is 37.7 Å². The third-order valence-electron chi connectivity index (χ3n) is 9.53. The van der Waals surface area contributed by atoms with Crippen molar-refractivity contribution in [3.05, 3.63) is 81.7 Å². The van der Waals surface area contributed by atoms with Crippen LogP contribution in [0.4, 0.5) is 4.39 Å². The topological polar surface area (TPSA) is 118 Å². The standard InChI is InChI=1S/C38H41Cl2FN6O4/c1-22(48)47-15-12-25(13-16-47)44-21-30-31(41)17-24(18-33(30)50-2)37-36(40)28(11-14-43-37)27-5-4-6-29(35(27)39)32-9-7-23(38(46-32)51-3)19-42-20-26-8-10-34(49)45-26/h4-7,9,11,14,17-18,25-26,42,44H,8,10,12-13,15-16,19-21H2,1-3H3,(H,45,49)/t26-/m0/s1. The average molecular weight is 736 g/mol. The maximum Gasteiger partial charge on any atom is 0.220 e. The van der Waals surface area contributed by atoms with Gasteiger partial charge in [0.1, 0.15) is 11.6 Å². The van der Waals surface area contributed by atoms with Crippen molar-refractivity contribution in [1.82, 2.24) is 30.8 Å². The van der Waals surface area contributed by atoms with Crippen molar-refractivity contribution < 1.29 is 23.5 Å². The third kappa shape index (κ3) is 8.28. The second kappa shape index (κ2) is 16.4. The Morgan fingerprint density at radius 3 is 2.47 bits per heavy atom. The smallest absolute Gasteiger partial charge is 0.220 e. The van der Waals surface area contributed by atoms with Crippen LogP contribution < -0.4 is 25.4 Å². The van der Waals surface area contributed by atoms with Gasteiger partial charge >= 0.3 is 0 Å². The highest BCUT2D eigenvalue weighted by Gasteiger charge is 2.24. The molecule has 0 aliphatic carbocycles. The molecule has 268 valence electrons. The van der Waals surface area contributed by atoms with E-state index in [1.807, 2.05) is 35.2 Å². The van der Waals surface area contributed by atoms with E-state index in [-0.39, 0.29) is 30.4 Å². The molecular formula is C38H41Cl2FN6O4. The first kappa shape index (κ1) is 36.5. The lowest BCUT2D eigenvalue weighted by Gasteiger charge is -2.32. The molecule has 0 radical (unpaired) electrons. The molecule has 3 N–H and O–H groups in total. The van der Waals surface area contributed by atoms with Gasteiger partial charge in [-0.3, -0.25) is 14.6 Å². The Labute approximate surface area is 307 Å². The molecule has 2 aromatic carbocycles. The Morgan fingerprint density at radius 2 is 1.76 bits per heavy atom. The van der Waals surface area contributed by atoms with Crippen LogP contribution in [0.15, 0.2) is 54.7 Å². The van der Waals surface area contributed by atoms with Crippen molar-refractivity contribution in [2.24, 2.45) is 0 Å². The van der Waals surface area contributed by atoms with Crippen molar-refractivity contribution >= 4 is 35.0 Å². The number of pyridine rings is 2. The van der Waals surface area contributed by atoms with E-state index in [0.29, 0.717) is 93.5 Å². The molecule has 0 bridgehead atoms. The molecule has 2 aliphatic rings. The largest absolute Gasteiger partial charge is 0.496 e. The summed E-state index contributed by atoms with van der Waals surface area (Å²) in [5.74, 6) is 0.565. The number of benzene rings is 2. The number of piperidine rings is 1. The molecule has 1 atom stereocenters. The molecule has 0 unspecified atom stereocenters. The summed E-state index contributed by atoms with van der Waals surface area (Å²) in [6.45, 7) is 4.39. The van der Waals surface area contributed by atoms with Gasteiger partial charge in [0.2, 0.25) is 17.7 Å². The van der Waals surface area contributed by atoms with Gasteiger partial charge in [-0.15, -0.1) is 0 Å². The average Bonchev–Trinajstić information content (AvgIpc) is 3.56. The fourth-order valence-corrected chi connectivity index (χ4v) is 7.33. The first-order chi connectivity index (χ1) is 24.7. The number of carbonyl (C=O) groups excluding carboxylic acids is 2. The van der Waals surface area contributed by atoms with E-state index in [1.54, 1.807) is 32.4 Å². The van der Waals surface area contributed by atoms with Crippen LogP contribution in [0.5, 0.6) is 11.6 Å². The van der Waals surface area contributed by atoms with Gasteiger partial charge in [0, 0.05) is 97.7 Å². The van der Waals surface area contributed by atoms with Crippen LogP contribution in [0.3, 0.4) is 0 Å². The molecule has 2 saturated heterocycles. The molecule has 51 heavy (non-hydrogen) atoms. The van der Waals surface area contributed by atoms with Gasteiger partial charge < -0.3 is 30.3 Å². The Morgan fingerprint density at radius 1 is 1.00 bits per heavy atom. The number of ether oxygens (including phenoxy) is 2. The molecule has 2 aromatic heterocycles. The Hall–Kier alpha value is -4.29. The molecule has 2 aliphatic heterocycles. The first-order valence-corrected chi connectivity index (χ1v) is 17.8. The van der Waals surface area contributed by atoms with E-state index in [0.717, 1.165) is 24.8 Å². The first-order valence-electron chi connectivity index (χ1n) is 17.0. The van der Waals surface area contributed by atoms with Crippen LogP contribution in [0.2, 0.25) is 10.0 Å². The predicted octanol–water partition coefficient (Wildman–Crippen LogP) is 6.41. The molecule has 13 heteroatoms. The van der Waals surface area contributed by atoms with Crippen LogP contribution >= 0.6 is 23.2 Å². The number of hydrogen-bond donors (Lipinski definition) is 3. The van der Waals surface area contributed by atoms with Crippen molar-refractivity contribution in [1.29, 1.82) is 0 Å². The zero-order valence-corrected chi connectivity index (χ0v) is 30.3. The third-order valence-corrected chi connectivity index (χ3v) is 10.3. The number of methoxy groups -OCH3 is 2. The highest BCUT2D eigenvalue weighted by Crippen LogP contribution is 2.42. The van der Waals surface area contributed by atoms with Gasteiger partial charge in [-0.25, -0.2) is 9.37 Å². The zero-order chi connectivity index (χ0) is 36.1. The lowest BCUT2D eigenvalue weighted by molar-refractivity contribution is -0.130. The highest BCUT2D eigenvalue weighted by atomic mass is 35.5. The van der Waals surface area contributed by atoms with Crippen LogP contribution in [-0.2, 0) is 22.7 Å². The van der Waals surface area contributed by atoms with Crippen LogP contribution in [-0.4, -0.2) is 72.6 Å². The lowest BCUT2D eigenvalue weighted by Crippen LogP contribution is -2.44.